The lowest BCUT2D eigenvalue weighted by atomic mass is 10.1. The monoisotopic (exact) mass is 345 g/mol. The number of aryl methyl sites for hydroxylation is 1. The second-order valence-corrected chi connectivity index (χ2v) is 6.37. The fraction of sp³-hybridized carbons (Fsp3) is 0.235. The van der Waals surface area contributed by atoms with Gasteiger partial charge in [-0.2, -0.15) is 0 Å². The van der Waals surface area contributed by atoms with Crippen LogP contribution in [0, 0.1) is 5.82 Å². The van der Waals surface area contributed by atoms with Crippen LogP contribution in [0.2, 0.25) is 0 Å². The highest BCUT2D eigenvalue weighted by atomic mass is 32.1. The first-order valence-electron chi connectivity index (χ1n) is 7.52. The summed E-state index contributed by atoms with van der Waals surface area (Å²) >= 11 is 1.41. The Morgan fingerprint density at radius 1 is 1.33 bits per heavy atom. The molecule has 0 aliphatic carbocycles. The fourth-order valence-corrected chi connectivity index (χ4v) is 3.15. The summed E-state index contributed by atoms with van der Waals surface area (Å²) in [6.07, 6.45) is 1.64. The third kappa shape index (κ3) is 3.51. The third-order valence-electron chi connectivity index (χ3n) is 3.78. The van der Waals surface area contributed by atoms with E-state index in [1.54, 1.807) is 18.2 Å². The Bertz CT molecular complexity index is 917. The van der Waals surface area contributed by atoms with Crippen molar-refractivity contribution in [3.8, 4) is 0 Å². The number of hydrogen-bond acceptors (Lipinski definition) is 4. The number of rotatable bonds is 5. The van der Waals surface area contributed by atoms with Crippen LogP contribution in [-0.2, 0) is 11.3 Å². The van der Waals surface area contributed by atoms with E-state index in [-0.39, 0.29) is 36.3 Å². The van der Waals surface area contributed by atoms with Crippen molar-refractivity contribution in [2.75, 3.05) is 0 Å². The van der Waals surface area contributed by atoms with Crippen molar-refractivity contribution in [2.24, 2.45) is 0 Å². The average molecular weight is 345 g/mol. The number of nitrogens with one attached hydrogen (secondary N) is 1. The maximum absolute atomic E-state index is 12.9. The standard InChI is InChI=1S/C17H16FN3O2S/c1-11(12-2-4-13(18)5-3-12)20-15(22)6-8-21-10-19-16-14(17(21)23)7-9-24-16/h2-5,7,9-11H,6,8H2,1H3,(H,20,22)/t11-/m0/s1. The minimum absolute atomic E-state index is 0.138. The zero-order valence-corrected chi connectivity index (χ0v) is 13.8. The first kappa shape index (κ1) is 16.3. The van der Waals surface area contributed by atoms with Gasteiger partial charge in [0, 0.05) is 13.0 Å². The van der Waals surface area contributed by atoms with Crippen molar-refractivity contribution >= 4 is 27.5 Å². The van der Waals surface area contributed by atoms with Crippen molar-refractivity contribution in [3.05, 3.63) is 63.8 Å². The molecule has 2 heterocycles. The molecule has 1 amide bonds. The van der Waals surface area contributed by atoms with E-state index in [0.29, 0.717) is 10.2 Å². The van der Waals surface area contributed by atoms with Gasteiger partial charge in [-0.25, -0.2) is 9.37 Å². The molecule has 0 fully saturated rings. The van der Waals surface area contributed by atoms with Gasteiger partial charge in [0.05, 0.1) is 17.8 Å². The molecule has 1 atom stereocenters. The number of carbonyl (C=O) groups is 1. The van der Waals surface area contributed by atoms with Gasteiger partial charge in [-0.3, -0.25) is 14.2 Å². The number of aromatic nitrogens is 2. The molecule has 0 unspecified atom stereocenters. The molecule has 0 aliphatic heterocycles. The molecule has 0 radical (unpaired) electrons. The smallest absolute Gasteiger partial charge is 0.262 e. The Balaban J connectivity index is 1.61. The number of hydrogen-bond donors (Lipinski definition) is 1. The number of amides is 1. The third-order valence-corrected chi connectivity index (χ3v) is 4.60. The van der Waals surface area contributed by atoms with Crippen molar-refractivity contribution < 1.29 is 9.18 Å². The fourth-order valence-electron chi connectivity index (χ4n) is 2.42. The Morgan fingerprint density at radius 3 is 2.83 bits per heavy atom. The van der Waals surface area contributed by atoms with Crippen LogP contribution in [0.5, 0.6) is 0 Å². The van der Waals surface area contributed by atoms with E-state index in [1.165, 1.54) is 34.4 Å². The zero-order valence-electron chi connectivity index (χ0n) is 13.0. The Hall–Kier alpha value is -2.54. The molecule has 5 nitrogen and oxygen atoms in total. The summed E-state index contributed by atoms with van der Waals surface area (Å²) in [5.74, 6) is -0.489. The predicted molar refractivity (Wildman–Crippen MR) is 91.5 cm³/mol. The van der Waals surface area contributed by atoms with Gasteiger partial charge in [0.25, 0.3) is 5.56 Å². The SMILES string of the molecule is C[C@H](NC(=O)CCn1cnc2sccc2c1=O)c1ccc(F)cc1. The summed E-state index contributed by atoms with van der Waals surface area (Å²) in [4.78, 5) is 29.2. The van der Waals surface area contributed by atoms with Crippen LogP contribution in [0.25, 0.3) is 10.2 Å². The van der Waals surface area contributed by atoms with E-state index < -0.39 is 0 Å². The molecule has 24 heavy (non-hydrogen) atoms. The molecule has 0 aliphatic rings. The lowest BCUT2D eigenvalue weighted by molar-refractivity contribution is -0.121. The molecular weight excluding hydrogens is 329 g/mol. The Morgan fingerprint density at radius 2 is 2.08 bits per heavy atom. The molecule has 0 saturated heterocycles. The number of carbonyl (C=O) groups excluding carboxylic acids is 1. The molecule has 3 rings (SSSR count). The van der Waals surface area contributed by atoms with E-state index >= 15 is 0 Å². The summed E-state index contributed by atoms with van der Waals surface area (Å²) in [5.41, 5.74) is 0.684. The van der Waals surface area contributed by atoms with Crippen molar-refractivity contribution in [1.29, 1.82) is 0 Å². The van der Waals surface area contributed by atoms with Gasteiger partial charge < -0.3 is 5.32 Å². The molecule has 2 aromatic heterocycles. The van der Waals surface area contributed by atoms with E-state index in [1.807, 2.05) is 12.3 Å². The van der Waals surface area contributed by atoms with Crippen LogP contribution in [0.15, 0.2) is 46.8 Å². The summed E-state index contributed by atoms with van der Waals surface area (Å²) in [5, 5.41) is 5.23. The first-order chi connectivity index (χ1) is 11.5. The van der Waals surface area contributed by atoms with Gasteiger partial charge in [-0.15, -0.1) is 11.3 Å². The first-order valence-corrected chi connectivity index (χ1v) is 8.40. The molecule has 124 valence electrons. The maximum atomic E-state index is 12.9. The lowest BCUT2D eigenvalue weighted by Gasteiger charge is -2.14. The van der Waals surface area contributed by atoms with Gasteiger partial charge >= 0.3 is 0 Å². The lowest BCUT2D eigenvalue weighted by Crippen LogP contribution is -2.29. The molecular formula is C17H16FN3O2S. The average Bonchev–Trinajstić information content (AvgIpc) is 3.04. The van der Waals surface area contributed by atoms with Gasteiger partial charge in [-0.05, 0) is 36.1 Å². The van der Waals surface area contributed by atoms with Crippen molar-refractivity contribution in [3.63, 3.8) is 0 Å². The highest BCUT2D eigenvalue weighted by Crippen LogP contribution is 2.14. The number of benzene rings is 1. The molecule has 0 bridgehead atoms. The minimum atomic E-state index is -0.312. The second-order valence-electron chi connectivity index (χ2n) is 5.47. The molecule has 7 heteroatoms. The van der Waals surface area contributed by atoms with Crippen LogP contribution in [0.3, 0.4) is 0 Å². The second kappa shape index (κ2) is 6.92. The number of halogens is 1. The van der Waals surface area contributed by atoms with E-state index in [2.05, 4.69) is 10.3 Å². The van der Waals surface area contributed by atoms with E-state index in [0.717, 1.165) is 5.56 Å². The van der Waals surface area contributed by atoms with Crippen LogP contribution >= 0.6 is 11.3 Å². The zero-order chi connectivity index (χ0) is 17.1. The summed E-state index contributed by atoms with van der Waals surface area (Å²) in [6.45, 7) is 2.09. The molecule has 1 aromatic carbocycles. The van der Waals surface area contributed by atoms with Crippen LogP contribution in [0.1, 0.15) is 24.9 Å². The van der Waals surface area contributed by atoms with Gasteiger partial charge in [-0.1, -0.05) is 12.1 Å². The minimum Gasteiger partial charge on any atom is -0.350 e. The summed E-state index contributed by atoms with van der Waals surface area (Å²) < 4.78 is 14.4. The van der Waals surface area contributed by atoms with Crippen LogP contribution in [0.4, 0.5) is 4.39 Å². The van der Waals surface area contributed by atoms with Crippen molar-refractivity contribution in [2.45, 2.75) is 25.9 Å². The number of thiophene rings is 1. The molecule has 3 aromatic rings. The molecule has 0 saturated carbocycles. The summed E-state index contributed by atoms with van der Waals surface area (Å²) in [6, 6.07) is 7.51. The largest absolute Gasteiger partial charge is 0.350 e. The topological polar surface area (TPSA) is 64.0 Å². The molecule has 0 spiro atoms. The Kier molecular flexibility index (Phi) is 4.71. The van der Waals surface area contributed by atoms with Gasteiger partial charge in [0.1, 0.15) is 10.6 Å². The van der Waals surface area contributed by atoms with Gasteiger partial charge in [0.2, 0.25) is 5.91 Å². The number of fused-ring (bicyclic) bond motifs is 1. The quantitative estimate of drug-likeness (QED) is 0.773. The molecule has 1 N–H and O–H groups in total. The van der Waals surface area contributed by atoms with Crippen LogP contribution in [-0.4, -0.2) is 15.5 Å². The van der Waals surface area contributed by atoms with E-state index in [4.69, 9.17) is 0 Å². The van der Waals surface area contributed by atoms with Gasteiger partial charge in [0.15, 0.2) is 0 Å². The summed E-state index contributed by atoms with van der Waals surface area (Å²) in [7, 11) is 0. The van der Waals surface area contributed by atoms with Crippen LogP contribution < -0.4 is 10.9 Å². The highest BCUT2D eigenvalue weighted by molar-refractivity contribution is 7.16. The Labute approximate surface area is 141 Å². The number of nitrogens with zero attached hydrogens (tertiary/aromatic N) is 2. The normalized spacial score (nSPS) is 12.2. The highest BCUT2D eigenvalue weighted by Gasteiger charge is 2.11. The van der Waals surface area contributed by atoms with Crippen molar-refractivity contribution in [1.82, 2.24) is 14.9 Å². The van der Waals surface area contributed by atoms with E-state index in [9.17, 15) is 14.0 Å². The maximum Gasteiger partial charge on any atom is 0.262 e. The predicted octanol–water partition coefficient (Wildman–Crippen LogP) is 2.86.